The second-order valence-electron chi connectivity index (χ2n) is 11.1. The van der Waals surface area contributed by atoms with Gasteiger partial charge in [-0.1, -0.05) is 31.5 Å². The van der Waals surface area contributed by atoms with E-state index in [1.165, 1.54) is 6.07 Å². The highest BCUT2D eigenvalue weighted by atomic mass is 19.4. The van der Waals surface area contributed by atoms with Crippen molar-refractivity contribution in [1.29, 1.82) is 0 Å². The quantitative estimate of drug-likeness (QED) is 0.441. The molecule has 1 aliphatic carbocycles. The van der Waals surface area contributed by atoms with Crippen LogP contribution in [0, 0.1) is 11.8 Å². The van der Waals surface area contributed by atoms with Gasteiger partial charge in [0.15, 0.2) is 0 Å². The largest absolute Gasteiger partial charge is 0.490 e. The molecular formula is C29H36F3NO3. The molecular weight excluding hydrogens is 467 g/mol. The van der Waals surface area contributed by atoms with Crippen molar-refractivity contribution in [2.24, 2.45) is 11.8 Å². The molecule has 2 unspecified atom stereocenters. The average molecular weight is 504 g/mol. The van der Waals surface area contributed by atoms with E-state index in [1.54, 1.807) is 18.2 Å². The highest BCUT2D eigenvalue weighted by molar-refractivity contribution is 5.89. The second-order valence-corrected chi connectivity index (χ2v) is 11.1. The molecule has 0 radical (unpaired) electrons. The number of halogens is 3. The minimum Gasteiger partial charge on any atom is -0.490 e. The number of hydrogen-bond acceptors (Lipinski definition) is 3. The summed E-state index contributed by atoms with van der Waals surface area (Å²) in [6.45, 7) is 4.25. The Kier molecular flexibility index (Phi) is 6.96. The summed E-state index contributed by atoms with van der Waals surface area (Å²) in [5, 5.41) is 10.2. The molecule has 2 aliphatic heterocycles. The highest BCUT2D eigenvalue weighted by Gasteiger charge is 2.45. The van der Waals surface area contributed by atoms with E-state index in [-0.39, 0.29) is 41.3 Å². The molecule has 1 N–H and O–H groups in total. The zero-order valence-electron chi connectivity index (χ0n) is 21.1. The van der Waals surface area contributed by atoms with Gasteiger partial charge >= 0.3 is 12.1 Å². The van der Waals surface area contributed by atoms with Crippen LogP contribution >= 0.6 is 0 Å². The number of carboxylic acid groups (broad SMARTS) is 1. The van der Waals surface area contributed by atoms with Crippen LogP contribution in [0.5, 0.6) is 5.75 Å². The van der Waals surface area contributed by atoms with E-state index in [9.17, 15) is 23.1 Å². The number of piperidine rings is 1. The molecule has 0 spiro atoms. The summed E-state index contributed by atoms with van der Waals surface area (Å²) in [6, 6.07) is 8.94. The first-order valence-electron chi connectivity index (χ1n) is 13.5. The van der Waals surface area contributed by atoms with E-state index >= 15 is 0 Å². The summed E-state index contributed by atoms with van der Waals surface area (Å²) in [7, 11) is 0. The number of fused-ring (bicyclic) bond motifs is 3. The molecule has 2 heterocycles. The van der Waals surface area contributed by atoms with Crippen molar-refractivity contribution in [3.05, 3.63) is 41.5 Å². The number of benzene rings is 2. The predicted octanol–water partition coefficient (Wildman–Crippen LogP) is 7.59. The third-order valence-corrected chi connectivity index (χ3v) is 9.02. The molecule has 36 heavy (non-hydrogen) atoms. The summed E-state index contributed by atoms with van der Waals surface area (Å²) < 4.78 is 48.8. The fourth-order valence-corrected chi connectivity index (χ4v) is 7.04. The minimum absolute atomic E-state index is 0.0145. The van der Waals surface area contributed by atoms with E-state index in [1.807, 2.05) is 6.07 Å². The molecule has 0 amide bonds. The molecule has 196 valence electrons. The van der Waals surface area contributed by atoms with Gasteiger partial charge in [0.1, 0.15) is 11.3 Å². The first kappa shape index (κ1) is 25.4. The Morgan fingerprint density at radius 3 is 2.31 bits per heavy atom. The monoisotopic (exact) mass is 503 g/mol. The average Bonchev–Trinajstić information content (AvgIpc) is 3.11. The van der Waals surface area contributed by atoms with E-state index in [0.717, 1.165) is 50.5 Å². The number of carbonyl (C=O) groups is 1. The first-order chi connectivity index (χ1) is 17.2. The molecule has 2 bridgehead atoms. The van der Waals surface area contributed by atoms with E-state index < -0.39 is 17.7 Å². The van der Waals surface area contributed by atoms with E-state index in [0.29, 0.717) is 24.1 Å². The van der Waals surface area contributed by atoms with Gasteiger partial charge in [0.05, 0.1) is 12.0 Å². The van der Waals surface area contributed by atoms with Crippen molar-refractivity contribution in [2.45, 2.75) is 102 Å². The standard InChI is InChI=1S/C29H36F3NO3/c1-3-18-4-10-24(11-5-18)36-26-13-7-20-14-19(6-12-25(20)27(26)29(30,31)32)17(2)33-22-8-9-23(33)16-21(15-22)28(34)35/h6-7,12-14,17-18,21-24H,3-5,8-11,15-16H2,1-2H3,(H,34,35)/t17-,18?,21?,22?,23?,24?/m1/s1. The smallest absolute Gasteiger partial charge is 0.420 e. The number of carboxylic acids is 1. The molecule has 7 heteroatoms. The maximum absolute atomic E-state index is 14.3. The fourth-order valence-electron chi connectivity index (χ4n) is 7.04. The summed E-state index contributed by atoms with van der Waals surface area (Å²) in [5.74, 6) is -0.438. The zero-order chi connectivity index (χ0) is 25.6. The van der Waals surface area contributed by atoms with Crippen LogP contribution in [0.3, 0.4) is 0 Å². The molecule has 2 aromatic carbocycles. The number of hydrogen-bond donors (Lipinski definition) is 1. The van der Waals surface area contributed by atoms with Crippen molar-refractivity contribution < 1.29 is 27.8 Å². The topological polar surface area (TPSA) is 49.8 Å². The van der Waals surface area contributed by atoms with Crippen LogP contribution < -0.4 is 4.74 Å². The van der Waals surface area contributed by atoms with Crippen LogP contribution in [0.1, 0.15) is 88.8 Å². The first-order valence-corrected chi connectivity index (χ1v) is 13.5. The lowest BCUT2D eigenvalue weighted by Crippen LogP contribution is -2.45. The third-order valence-electron chi connectivity index (χ3n) is 9.02. The highest BCUT2D eigenvalue weighted by Crippen LogP contribution is 2.46. The van der Waals surface area contributed by atoms with Crippen LogP contribution in [-0.2, 0) is 11.0 Å². The van der Waals surface area contributed by atoms with Gasteiger partial charge in [-0.2, -0.15) is 13.2 Å². The van der Waals surface area contributed by atoms with Crippen LogP contribution in [0.25, 0.3) is 10.8 Å². The van der Waals surface area contributed by atoms with Crippen molar-refractivity contribution >= 4 is 16.7 Å². The Bertz CT molecular complexity index is 1090. The Morgan fingerprint density at radius 1 is 1.06 bits per heavy atom. The summed E-state index contributed by atoms with van der Waals surface area (Å²) in [6.07, 6.45) is 3.26. The van der Waals surface area contributed by atoms with E-state index in [4.69, 9.17) is 4.74 Å². The molecule has 0 aromatic heterocycles. The molecule has 2 saturated heterocycles. The van der Waals surface area contributed by atoms with Crippen LogP contribution in [0.2, 0.25) is 0 Å². The molecule has 5 rings (SSSR count). The van der Waals surface area contributed by atoms with Crippen molar-refractivity contribution in [1.82, 2.24) is 4.90 Å². The van der Waals surface area contributed by atoms with Crippen molar-refractivity contribution in [2.75, 3.05) is 0 Å². The molecule has 3 atom stereocenters. The van der Waals surface area contributed by atoms with Gasteiger partial charge in [-0.05, 0) is 92.7 Å². The zero-order valence-corrected chi connectivity index (χ0v) is 21.1. The lowest BCUT2D eigenvalue weighted by atomic mass is 9.86. The Morgan fingerprint density at radius 2 is 1.72 bits per heavy atom. The number of alkyl halides is 3. The Hall–Kier alpha value is -2.28. The number of rotatable bonds is 6. The van der Waals surface area contributed by atoms with Gasteiger partial charge in [0.2, 0.25) is 0 Å². The second kappa shape index (κ2) is 9.88. The normalized spacial score (nSPS) is 29.9. The number of ether oxygens (including phenoxy) is 1. The summed E-state index contributed by atoms with van der Waals surface area (Å²) in [4.78, 5) is 13.9. The maximum Gasteiger partial charge on any atom is 0.420 e. The number of nitrogens with zero attached hydrogens (tertiary/aromatic N) is 1. The van der Waals surface area contributed by atoms with Gasteiger partial charge in [-0.25, -0.2) is 0 Å². The molecule has 3 aliphatic rings. The summed E-state index contributed by atoms with van der Waals surface area (Å²) >= 11 is 0. The Labute approximate surface area is 210 Å². The maximum atomic E-state index is 14.3. The SMILES string of the molecule is CCC1CCC(Oc2ccc3cc([C@@H](C)N4C5CCC4CC(C(=O)O)C5)ccc3c2C(F)(F)F)CC1. The lowest BCUT2D eigenvalue weighted by molar-refractivity contribution is -0.144. The van der Waals surface area contributed by atoms with Crippen LogP contribution in [0.15, 0.2) is 30.3 Å². The van der Waals surface area contributed by atoms with Crippen LogP contribution in [0.4, 0.5) is 13.2 Å². The number of aliphatic carboxylic acids is 1. The van der Waals surface area contributed by atoms with E-state index in [2.05, 4.69) is 18.7 Å². The summed E-state index contributed by atoms with van der Waals surface area (Å²) in [5.41, 5.74) is 0.284. The van der Waals surface area contributed by atoms with Gasteiger partial charge in [0.25, 0.3) is 0 Å². The fraction of sp³-hybridized carbons (Fsp3) is 0.621. The van der Waals surface area contributed by atoms with Crippen LogP contribution in [-0.4, -0.2) is 34.2 Å². The molecule has 3 fully saturated rings. The van der Waals surface area contributed by atoms with Gasteiger partial charge < -0.3 is 9.84 Å². The Balaban J connectivity index is 1.41. The molecule has 4 nitrogen and oxygen atoms in total. The molecule has 2 aromatic rings. The molecule has 1 saturated carbocycles. The van der Waals surface area contributed by atoms with Gasteiger partial charge in [0, 0.05) is 18.1 Å². The van der Waals surface area contributed by atoms with Gasteiger partial charge in [-0.3, -0.25) is 9.69 Å². The lowest BCUT2D eigenvalue weighted by Gasteiger charge is -2.41. The third kappa shape index (κ3) is 4.83. The minimum atomic E-state index is -4.51. The van der Waals surface area contributed by atoms with Crippen molar-refractivity contribution in [3.8, 4) is 5.75 Å². The van der Waals surface area contributed by atoms with Crippen molar-refractivity contribution in [3.63, 3.8) is 0 Å². The van der Waals surface area contributed by atoms with Gasteiger partial charge in [-0.15, -0.1) is 0 Å². The predicted molar refractivity (Wildman–Crippen MR) is 133 cm³/mol.